The molecule has 0 spiro atoms. The smallest absolute Gasteiger partial charge is 0.130 e. The number of hydrogen-bond acceptors (Lipinski definition) is 3. The number of nitrogens with zero attached hydrogens (tertiary/aromatic N) is 2. The van der Waals surface area contributed by atoms with E-state index in [1.165, 1.54) is 5.56 Å². The van der Waals surface area contributed by atoms with Gasteiger partial charge in [-0.25, -0.2) is 4.98 Å². The minimum atomic E-state index is 0.128. The van der Waals surface area contributed by atoms with E-state index in [0.29, 0.717) is 0 Å². The van der Waals surface area contributed by atoms with Crippen LogP contribution in [0.3, 0.4) is 0 Å². The quantitative estimate of drug-likeness (QED) is 0.760. The minimum absolute atomic E-state index is 0.128. The summed E-state index contributed by atoms with van der Waals surface area (Å²) in [5, 5.41) is 3.53. The highest BCUT2D eigenvalue weighted by molar-refractivity contribution is 9.12. The molecule has 2 rings (SSSR count). The number of imidazole rings is 1. The van der Waals surface area contributed by atoms with Crippen LogP contribution in [0, 0.1) is 0 Å². The molecule has 0 fully saturated rings. The van der Waals surface area contributed by atoms with Crippen molar-refractivity contribution >= 4 is 43.2 Å². The predicted molar refractivity (Wildman–Crippen MR) is 87.8 cm³/mol. The van der Waals surface area contributed by atoms with Gasteiger partial charge in [-0.15, -0.1) is 11.3 Å². The maximum absolute atomic E-state index is 4.55. The topological polar surface area (TPSA) is 29.9 Å². The van der Waals surface area contributed by atoms with Gasteiger partial charge in [0.2, 0.25) is 0 Å². The summed E-state index contributed by atoms with van der Waals surface area (Å²) < 4.78 is 4.51. The highest BCUT2D eigenvalue weighted by Crippen LogP contribution is 2.37. The average molecular weight is 407 g/mol. The SMILES string of the molecule is CCCn1ccnc1C(NCC)c1cc(Br)sc1Br. The lowest BCUT2D eigenvalue weighted by molar-refractivity contribution is 0.544. The van der Waals surface area contributed by atoms with Crippen molar-refractivity contribution in [1.29, 1.82) is 0 Å². The molecule has 19 heavy (non-hydrogen) atoms. The lowest BCUT2D eigenvalue weighted by Crippen LogP contribution is -2.25. The van der Waals surface area contributed by atoms with Crippen molar-refractivity contribution < 1.29 is 0 Å². The Bertz CT molecular complexity index is 536. The van der Waals surface area contributed by atoms with E-state index in [0.717, 1.165) is 32.9 Å². The Morgan fingerprint density at radius 2 is 2.21 bits per heavy atom. The fraction of sp³-hybridized carbons (Fsp3) is 0.462. The maximum atomic E-state index is 4.55. The van der Waals surface area contributed by atoms with Crippen LogP contribution in [-0.4, -0.2) is 16.1 Å². The predicted octanol–water partition coefficient (Wildman–Crippen LogP) is 4.58. The summed E-state index contributed by atoms with van der Waals surface area (Å²) in [5.74, 6) is 1.08. The summed E-state index contributed by atoms with van der Waals surface area (Å²) in [6, 6.07) is 2.29. The van der Waals surface area contributed by atoms with Crippen molar-refractivity contribution in [2.45, 2.75) is 32.9 Å². The summed E-state index contributed by atoms with van der Waals surface area (Å²) in [5.41, 5.74) is 1.24. The number of hydrogen-bond donors (Lipinski definition) is 1. The van der Waals surface area contributed by atoms with Crippen molar-refractivity contribution in [2.24, 2.45) is 0 Å². The first kappa shape index (κ1) is 15.2. The van der Waals surface area contributed by atoms with Crippen molar-refractivity contribution in [3.63, 3.8) is 0 Å². The summed E-state index contributed by atoms with van der Waals surface area (Å²) in [4.78, 5) is 4.55. The van der Waals surface area contributed by atoms with Crippen LogP contribution in [0.4, 0.5) is 0 Å². The molecule has 2 heterocycles. The molecule has 0 radical (unpaired) electrons. The van der Waals surface area contributed by atoms with Crippen LogP contribution < -0.4 is 5.32 Å². The molecule has 1 unspecified atom stereocenters. The van der Waals surface area contributed by atoms with Crippen LogP contribution in [0.2, 0.25) is 0 Å². The number of rotatable bonds is 6. The van der Waals surface area contributed by atoms with E-state index >= 15 is 0 Å². The molecule has 0 saturated carbocycles. The maximum Gasteiger partial charge on any atom is 0.130 e. The first-order valence-electron chi connectivity index (χ1n) is 6.36. The first-order valence-corrected chi connectivity index (χ1v) is 8.76. The van der Waals surface area contributed by atoms with Crippen LogP contribution >= 0.6 is 43.2 Å². The molecule has 0 bridgehead atoms. The second-order valence-corrected chi connectivity index (χ2v) is 8.00. The average Bonchev–Trinajstić information content (AvgIpc) is 2.94. The third-order valence-electron chi connectivity index (χ3n) is 2.87. The molecule has 1 atom stereocenters. The van der Waals surface area contributed by atoms with Gasteiger partial charge in [-0.05, 0) is 50.9 Å². The van der Waals surface area contributed by atoms with Crippen LogP contribution in [0.1, 0.15) is 37.7 Å². The Morgan fingerprint density at radius 1 is 1.42 bits per heavy atom. The monoisotopic (exact) mass is 405 g/mol. The Balaban J connectivity index is 2.39. The molecular weight excluding hydrogens is 390 g/mol. The highest BCUT2D eigenvalue weighted by Gasteiger charge is 2.22. The summed E-state index contributed by atoms with van der Waals surface area (Å²) in [7, 11) is 0. The molecule has 0 aliphatic carbocycles. The zero-order valence-corrected chi connectivity index (χ0v) is 15.0. The normalized spacial score (nSPS) is 12.8. The molecule has 2 aromatic rings. The Hall–Kier alpha value is -0.170. The fourth-order valence-corrected chi connectivity index (χ4v) is 5.01. The van der Waals surface area contributed by atoms with Gasteiger partial charge < -0.3 is 9.88 Å². The molecule has 104 valence electrons. The number of aryl methyl sites for hydroxylation is 1. The minimum Gasteiger partial charge on any atom is -0.333 e. The Labute approximate surface area is 134 Å². The van der Waals surface area contributed by atoms with E-state index in [-0.39, 0.29) is 6.04 Å². The van der Waals surface area contributed by atoms with Crippen LogP contribution in [0.25, 0.3) is 0 Å². The standard InChI is InChI=1S/C13H17Br2N3S/c1-3-6-18-7-5-17-13(18)11(16-4-2)9-8-10(14)19-12(9)15/h5,7-8,11,16H,3-4,6H2,1-2H3. The molecular formula is C13H17Br2N3S. The molecule has 0 aliphatic rings. The zero-order chi connectivity index (χ0) is 13.8. The lowest BCUT2D eigenvalue weighted by Gasteiger charge is -2.18. The molecule has 1 N–H and O–H groups in total. The zero-order valence-electron chi connectivity index (χ0n) is 11.0. The van der Waals surface area contributed by atoms with Crippen molar-refractivity contribution in [3.8, 4) is 0 Å². The van der Waals surface area contributed by atoms with Crippen LogP contribution in [-0.2, 0) is 6.54 Å². The number of aromatic nitrogens is 2. The third-order valence-corrected chi connectivity index (χ3v) is 5.26. The second-order valence-electron chi connectivity index (χ2n) is 4.25. The lowest BCUT2D eigenvalue weighted by atomic mass is 10.1. The van der Waals surface area contributed by atoms with Gasteiger partial charge in [0.05, 0.1) is 13.6 Å². The second kappa shape index (κ2) is 7.02. The van der Waals surface area contributed by atoms with Crippen LogP contribution in [0.5, 0.6) is 0 Å². The van der Waals surface area contributed by atoms with E-state index < -0.39 is 0 Å². The van der Waals surface area contributed by atoms with Crippen molar-refractivity contribution in [3.05, 3.63) is 37.4 Å². The van der Waals surface area contributed by atoms with Gasteiger partial charge in [0.15, 0.2) is 0 Å². The summed E-state index contributed by atoms with van der Waals surface area (Å²) in [6.07, 6.45) is 5.04. The van der Waals surface area contributed by atoms with E-state index in [2.05, 4.69) is 72.8 Å². The van der Waals surface area contributed by atoms with Gasteiger partial charge >= 0.3 is 0 Å². The van der Waals surface area contributed by atoms with E-state index in [4.69, 9.17) is 0 Å². The summed E-state index contributed by atoms with van der Waals surface area (Å²) >= 11 is 8.89. The van der Waals surface area contributed by atoms with E-state index in [9.17, 15) is 0 Å². The third kappa shape index (κ3) is 3.48. The van der Waals surface area contributed by atoms with E-state index in [1.54, 1.807) is 11.3 Å². The number of thiophene rings is 1. The van der Waals surface area contributed by atoms with Gasteiger partial charge in [0, 0.05) is 24.5 Å². The molecule has 0 aromatic carbocycles. The van der Waals surface area contributed by atoms with Crippen LogP contribution in [0.15, 0.2) is 26.0 Å². The van der Waals surface area contributed by atoms with Gasteiger partial charge in [-0.1, -0.05) is 13.8 Å². The van der Waals surface area contributed by atoms with Gasteiger partial charge in [0.1, 0.15) is 5.82 Å². The van der Waals surface area contributed by atoms with Gasteiger partial charge in [0.25, 0.3) is 0 Å². The van der Waals surface area contributed by atoms with Gasteiger partial charge in [-0.2, -0.15) is 0 Å². The fourth-order valence-electron chi connectivity index (χ4n) is 2.11. The van der Waals surface area contributed by atoms with Crippen molar-refractivity contribution in [2.75, 3.05) is 6.54 Å². The highest BCUT2D eigenvalue weighted by atomic mass is 79.9. The largest absolute Gasteiger partial charge is 0.333 e. The Kier molecular flexibility index (Phi) is 5.62. The first-order chi connectivity index (χ1) is 9.17. The molecule has 0 aliphatic heterocycles. The molecule has 0 amide bonds. The molecule has 6 heteroatoms. The number of halogens is 2. The molecule has 0 saturated heterocycles. The Morgan fingerprint density at radius 3 is 2.79 bits per heavy atom. The molecule has 2 aromatic heterocycles. The number of nitrogens with one attached hydrogen (secondary N) is 1. The van der Waals surface area contributed by atoms with Crippen molar-refractivity contribution in [1.82, 2.24) is 14.9 Å². The van der Waals surface area contributed by atoms with E-state index in [1.807, 2.05) is 6.20 Å². The van der Waals surface area contributed by atoms with Gasteiger partial charge in [-0.3, -0.25) is 0 Å². The molecule has 3 nitrogen and oxygen atoms in total. The summed E-state index contributed by atoms with van der Waals surface area (Å²) in [6.45, 7) is 6.21.